The third-order valence-electron chi connectivity index (χ3n) is 4.79. The highest BCUT2D eigenvalue weighted by atomic mass is 32.2. The topological polar surface area (TPSA) is 89.8 Å². The Bertz CT molecular complexity index is 1310. The molecule has 2 aromatic carbocycles. The molecule has 0 unspecified atom stereocenters. The summed E-state index contributed by atoms with van der Waals surface area (Å²) in [4.78, 5) is 38.9. The Morgan fingerprint density at radius 3 is 2.56 bits per heavy atom. The number of anilines is 1. The smallest absolute Gasteiger partial charge is 0.282 e. The standard InChI is InChI=1S/C23H20FN5O2S/c1-2-18(21(30)27-17-11-7-6-10-16(17)24)32-23-28-20-19(25-12-13-26-20)22(31)29(23)14-15-8-4-3-5-9-15/h3-13,18H,2,14H2,1H3,(H,27,30)/t18-/m1/s1. The number of nitrogens with zero attached hydrogens (tertiary/aromatic N) is 4. The maximum Gasteiger partial charge on any atom is 0.282 e. The zero-order valence-corrected chi connectivity index (χ0v) is 18.1. The van der Waals surface area contributed by atoms with Gasteiger partial charge in [-0.3, -0.25) is 14.2 Å². The van der Waals surface area contributed by atoms with Crippen molar-refractivity contribution < 1.29 is 9.18 Å². The quantitative estimate of drug-likeness (QED) is 0.340. The number of halogens is 1. The number of fused-ring (bicyclic) bond motifs is 1. The summed E-state index contributed by atoms with van der Waals surface area (Å²) in [5.41, 5.74) is 1.06. The number of rotatable bonds is 7. The third kappa shape index (κ3) is 4.67. The predicted octanol–water partition coefficient (Wildman–Crippen LogP) is 3.88. The van der Waals surface area contributed by atoms with Crippen molar-refractivity contribution in [1.29, 1.82) is 0 Å². The molecule has 32 heavy (non-hydrogen) atoms. The zero-order chi connectivity index (χ0) is 22.5. The van der Waals surface area contributed by atoms with Crippen molar-refractivity contribution in [2.24, 2.45) is 0 Å². The van der Waals surface area contributed by atoms with Gasteiger partial charge in [0.25, 0.3) is 5.56 Å². The van der Waals surface area contributed by atoms with Crippen molar-refractivity contribution in [1.82, 2.24) is 19.5 Å². The normalized spacial score (nSPS) is 11.9. The minimum Gasteiger partial charge on any atom is -0.323 e. The summed E-state index contributed by atoms with van der Waals surface area (Å²) in [7, 11) is 0. The van der Waals surface area contributed by atoms with Gasteiger partial charge in [0.15, 0.2) is 16.3 Å². The van der Waals surface area contributed by atoms with Crippen molar-refractivity contribution in [3.63, 3.8) is 0 Å². The van der Waals surface area contributed by atoms with Crippen LogP contribution in [0.2, 0.25) is 0 Å². The monoisotopic (exact) mass is 449 g/mol. The summed E-state index contributed by atoms with van der Waals surface area (Å²) in [5, 5.41) is 2.37. The average Bonchev–Trinajstić information content (AvgIpc) is 2.82. The van der Waals surface area contributed by atoms with Gasteiger partial charge in [0.05, 0.1) is 17.5 Å². The maximum absolute atomic E-state index is 14.0. The van der Waals surface area contributed by atoms with E-state index in [4.69, 9.17) is 0 Å². The lowest BCUT2D eigenvalue weighted by molar-refractivity contribution is -0.115. The van der Waals surface area contributed by atoms with E-state index in [1.54, 1.807) is 12.1 Å². The van der Waals surface area contributed by atoms with Crippen molar-refractivity contribution in [3.8, 4) is 0 Å². The van der Waals surface area contributed by atoms with Gasteiger partial charge in [-0.1, -0.05) is 61.2 Å². The van der Waals surface area contributed by atoms with Crippen LogP contribution in [0.1, 0.15) is 18.9 Å². The lowest BCUT2D eigenvalue weighted by atomic mass is 10.2. The Kier molecular flexibility index (Phi) is 6.55. The number of para-hydroxylation sites is 1. The molecule has 0 spiro atoms. The Morgan fingerprint density at radius 1 is 1.09 bits per heavy atom. The number of carbonyl (C=O) groups is 1. The molecule has 1 atom stereocenters. The molecular formula is C23H20FN5O2S. The minimum atomic E-state index is -0.599. The first-order chi connectivity index (χ1) is 15.6. The summed E-state index contributed by atoms with van der Waals surface area (Å²) in [5.74, 6) is -0.886. The molecule has 1 N–H and O–H groups in total. The molecule has 162 valence electrons. The van der Waals surface area contributed by atoms with Crippen LogP contribution < -0.4 is 10.9 Å². The molecule has 2 heterocycles. The van der Waals surface area contributed by atoms with Gasteiger partial charge < -0.3 is 5.32 Å². The maximum atomic E-state index is 14.0. The first-order valence-corrected chi connectivity index (χ1v) is 10.9. The van der Waals surface area contributed by atoms with E-state index in [9.17, 15) is 14.0 Å². The number of benzene rings is 2. The predicted molar refractivity (Wildman–Crippen MR) is 122 cm³/mol. The van der Waals surface area contributed by atoms with Crippen LogP contribution in [0.4, 0.5) is 10.1 Å². The molecule has 1 amide bonds. The van der Waals surface area contributed by atoms with Gasteiger partial charge in [-0.15, -0.1) is 0 Å². The van der Waals surface area contributed by atoms with Crippen LogP contribution in [0.5, 0.6) is 0 Å². The molecule has 0 radical (unpaired) electrons. The van der Waals surface area contributed by atoms with Crippen LogP contribution in [0.25, 0.3) is 11.2 Å². The van der Waals surface area contributed by atoms with Crippen LogP contribution >= 0.6 is 11.8 Å². The van der Waals surface area contributed by atoms with Gasteiger partial charge in [0, 0.05) is 12.4 Å². The number of carbonyl (C=O) groups excluding carboxylic acids is 1. The summed E-state index contributed by atoms with van der Waals surface area (Å²) >= 11 is 1.15. The number of hydrogen-bond acceptors (Lipinski definition) is 6. The van der Waals surface area contributed by atoms with E-state index in [1.807, 2.05) is 37.3 Å². The second-order valence-corrected chi connectivity index (χ2v) is 8.15. The number of aromatic nitrogens is 4. The van der Waals surface area contributed by atoms with E-state index in [2.05, 4.69) is 20.3 Å². The molecule has 9 heteroatoms. The average molecular weight is 450 g/mol. The Balaban J connectivity index is 1.70. The van der Waals surface area contributed by atoms with E-state index in [0.29, 0.717) is 11.6 Å². The number of hydrogen-bond donors (Lipinski definition) is 1. The number of thioether (sulfide) groups is 1. The van der Waals surface area contributed by atoms with Crippen LogP contribution in [0, 0.1) is 5.82 Å². The van der Waals surface area contributed by atoms with E-state index in [1.165, 1.54) is 29.1 Å². The van der Waals surface area contributed by atoms with E-state index in [-0.39, 0.29) is 34.9 Å². The molecule has 4 aromatic rings. The van der Waals surface area contributed by atoms with Crippen LogP contribution in [-0.2, 0) is 11.3 Å². The third-order valence-corrected chi connectivity index (χ3v) is 6.14. The lowest BCUT2D eigenvalue weighted by Crippen LogP contribution is -2.29. The molecule has 0 saturated carbocycles. The summed E-state index contributed by atoms with van der Waals surface area (Å²) in [6, 6.07) is 15.5. The summed E-state index contributed by atoms with van der Waals surface area (Å²) in [6.45, 7) is 2.12. The fourth-order valence-corrected chi connectivity index (χ4v) is 4.15. The molecule has 0 saturated heterocycles. The summed E-state index contributed by atoms with van der Waals surface area (Å²) in [6.07, 6.45) is 3.36. The van der Waals surface area contributed by atoms with E-state index in [0.717, 1.165) is 17.3 Å². The van der Waals surface area contributed by atoms with Gasteiger partial charge in [0.2, 0.25) is 5.91 Å². The minimum absolute atomic E-state index is 0.107. The van der Waals surface area contributed by atoms with Crippen molar-refractivity contribution in [2.75, 3.05) is 5.32 Å². The fourth-order valence-electron chi connectivity index (χ4n) is 3.15. The zero-order valence-electron chi connectivity index (χ0n) is 17.2. The Labute approximate surface area is 187 Å². The number of amides is 1. The fraction of sp³-hybridized carbons (Fsp3) is 0.174. The van der Waals surface area contributed by atoms with Crippen molar-refractivity contribution in [2.45, 2.75) is 30.3 Å². The first-order valence-electron chi connectivity index (χ1n) is 10.0. The molecule has 0 fully saturated rings. The molecule has 0 bridgehead atoms. The molecular weight excluding hydrogens is 429 g/mol. The Morgan fingerprint density at radius 2 is 1.81 bits per heavy atom. The van der Waals surface area contributed by atoms with Gasteiger partial charge in [0.1, 0.15) is 5.82 Å². The molecule has 0 aliphatic rings. The highest BCUT2D eigenvalue weighted by Crippen LogP contribution is 2.26. The number of nitrogens with one attached hydrogen (secondary N) is 1. The molecule has 4 rings (SSSR count). The molecule has 7 nitrogen and oxygen atoms in total. The van der Waals surface area contributed by atoms with Gasteiger partial charge in [-0.2, -0.15) is 0 Å². The lowest BCUT2D eigenvalue weighted by Gasteiger charge is -2.18. The second-order valence-electron chi connectivity index (χ2n) is 6.98. The Hall–Kier alpha value is -3.59. The largest absolute Gasteiger partial charge is 0.323 e. The highest BCUT2D eigenvalue weighted by molar-refractivity contribution is 8.00. The van der Waals surface area contributed by atoms with Gasteiger partial charge >= 0.3 is 0 Å². The van der Waals surface area contributed by atoms with Gasteiger partial charge in [-0.05, 0) is 24.1 Å². The van der Waals surface area contributed by atoms with E-state index < -0.39 is 11.1 Å². The second kappa shape index (κ2) is 9.69. The van der Waals surface area contributed by atoms with Crippen molar-refractivity contribution in [3.05, 3.63) is 88.7 Å². The molecule has 0 aliphatic carbocycles. The van der Waals surface area contributed by atoms with Gasteiger partial charge in [-0.25, -0.2) is 19.3 Å². The SMILES string of the molecule is CC[C@@H](Sc1nc2nccnc2c(=O)n1Cc1ccccc1)C(=O)Nc1ccccc1F. The molecule has 2 aromatic heterocycles. The van der Waals surface area contributed by atoms with Crippen molar-refractivity contribution >= 4 is 34.5 Å². The van der Waals surface area contributed by atoms with E-state index >= 15 is 0 Å². The molecule has 0 aliphatic heterocycles. The highest BCUT2D eigenvalue weighted by Gasteiger charge is 2.23. The first kappa shape index (κ1) is 21.6. The van der Waals surface area contributed by atoms with Crippen LogP contribution in [0.3, 0.4) is 0 Å². The summed E-state index contributed by atoms with van der Waals surface area (Å²) < 4.78 is 15.5. The van der Waals surface area contributed by atoms with Crippen LogP contribution in [-0.4, -0.2) is 30.7 Å². The van der Waals surface area contributed by atoms with Crippen LogP contribution in [0.15, 0.2) is 76.9 Å².